The number of imidazole rings is 1. The average Bonchev–Trinajstić information content (AvgIpc) is 3.05. The largest absolute Gasteiger partial charge is 0.349 e. The third kappa shape index (κ3) is 3.35. The Kier molecular flexibility index (Phi) is 4.99. The van der Waals surface area contributed by atoms with Gasteiger partial charge >= 0.3 is 0 Å². The van der Waals surface area contributed by atoms with Crippen molar-refractivity contribution in [2.45, 2.75) is 25.3 Å². The highest BCUT2D eigenvalue weighted by atomic mass is 16.2. The lowest BCUT2D eigenvalue weighted by Gasteiger charge is -2.47. The van der Waals surface area contributed by atoms with Crippen LogP contribution in [0.2, 0.25) is 0 Å². The van der Waals surface area contributed by atoms with Gasteiger partial charge in [0.05, 0.1) is 24.6 Å². The number of aromatic nitrogens is 3. The number of carbonyl (C=O) groups is 2. The first kappa shape index (κ1) is 19.4. The standard InChI is InChI=1S/C20H26N6O3/c1-12-19(24(2)11-23-12)20(29)22-8-16-14-6-13(9-25(10-14)18(28)7-21)15-4-3-5-17(27)26(15)16/h3-5,11,13-14,16H,6-10,21H2,1-2H3,(H,22,29)/t13-,14+,16+/m1/s1. The molecule has 0 spiro atoms. The summed E-state index contributed by atoms with van der Waals surface area (Å²) in [6, 6.07) is 5.03. The SMILES string of the molecule is Cc1ncn(C)c1C(=O)NC[C@H]1[C@H]2C[C@H](CN(C(=O)CN)C2)c2cccc(=O)n21. The zero-order valence-corrected chi connectivity index (χ0v) is 16.7. The number of piperidine rings is 1. The van der Waals surface area contributed by atoms with Gasteiger partial charge in [0.25, 0.3) is 11.5 Å². The third-order valence-corrected chi connectivity index (χ3v) is 6.13. The molecular formula is C20H26N6O3. The highest BCUT2D eigenvalue weighted by Crippen LogP contribution is 2.40. The van der Waals surface area contributed by atoms with Gasteiger partial charge in [-0.2, -0.15) is 0 Å². The van der Waals surface area contributed by atoms with E-state index in [9.17, 15) is 14.4 Å². The number of hydrogen-bond acceptors (Lipinski definition) is 5. The monoisotopic (exact) mass is 398 g/mol. The molecule has 2 amide bonds. The van der Waals surface area contributed by atoms with Gasteiger partial charge in [0.1, 0.15) is 5.69 Å². The Labute approximate surface area is 168 Å². The molecule has 2 bridgehead atoms. The van der Waals surface area contributed by atoms with Crippen molar-refractivity contribution in [2.75, 3.05) is 26.2 Å². The van der Waals surface area contributed by atoms with Crippen LogP contribution >= 0.6 is 0 Å². The molecule has 4 heterocycles. The van der Waals surface area contributed by atoms with Gasteiger partial charge in [-0.05, 0) is 25.3 Å². The zero-order valence-electron chi connectivity index (χ0n) is 16.7. The second-order valence-electron chi connectivity index (χ2n) is 7.92. The Balaban J connectivity index is 1.63. The Morgan fingerprint density at radius 1 is 1.31 bits per heavy atom. The lowest BCUT2D eigenvalue weighted by molar-refractivity contribution is -0.132. The van der Waals surface area contributed by atoms with Crippen molar-refractivity contribution < 1.29 is 9.59 Å². The molecule has 0 radical (unpaired) electrons. The van der Waals surface area contributed by atoms with Gasteiger partial charge in [-0.1, -0.05) is 6.07 Å². The van der Waals surface area contributed by atoms with Crippen LogP contribution in [0.3, 0.4) is 0 Å². The predicted octanol–water partition coefficient (Wildman–Crippen LogP) is -0.234. The molecule has 1 fully saturated rings. The van der Waals surface area contributed by atoms with Gasteiger partial charge in [-0.3, -0.25) is 14.4 Å². The Morgan fingerprint density at radius 2 is 2.10 bits per heavy atom. The van der Waals surface area contributed by atoms with Crippen LogP contribution < -0.4 is 16.6 Å². The highest BCUT2D eigenvalue weighted by Gasteiger charge is 2.41. The maximum Gasteiger partial charge on any atom is 0.269 e. The van der Waals surface area contributed by atoms with Gasteiger partial charge < -0.3 is 25.1 Å². The molecule has 3 atom stereocenters. The molecule has 154 valence electrons. The summed E-state index contributed by atoms with van der Waals surface area (Å²) in [5.41, 5.74) is 7.57. The van der Waals surface area contributed by atoms with Crippen LogP contribution in [0.25, 0.3) is 0 Å². The number of aryl methyl sites for hydroxylation is 2. The van der Waals surface area contributed by atoms with Crippen LogP contribution in [0, 0.1) is 12.8 Å². The number of rotatable bonds is 4. The number of nitrogens with one attached hydrogen (secondary N) is 1. The fraction of sp³-hybridized carbons (Fsp3) is 0.500. The number of pyridine rings is 1. The molecule has 2 aromatic rings. The third-order valence-electron chi connectivity index (χ3n) is 6.13. The highest BCUT2D eigenvalue weighted by molar-refractivity contribution is 5.93. The van der Waals surface area contributed by atoms with E-state index in [-0.39, 0.29) is 41.8 Å². The second kappa shape index (κ2) is 7.47. The second-order valence-corrected chi connectivity index (χ2v) is 7.92. The number of fused-ring (bicyclic) bond motifs is 4. The Morgan fingerprint density at radius 3 is 2.79 bits per heavy atom. The summed E-state index contributed by atoms with van der Waals surface area (Å²) in [6.07, 6.45) is 2.48. The van der Waals surface area contributed by atoms with Crippen molar-refractivity contribution in [1.82, 2.24) is 24.3 Å². The van der Waals surface area contributed by atoms with Gasteiger partial charge in [-0.25, -0.2) is 4.98 Å². The quantitative estimate of drug-likeness (QED) is 0.738. The van der Waals surface area contributed by atoms with Crippen LogP contribution in [0.1, 0.15) is 40.3 Å². The number of hydrogen-bond donors (Lipinski definition) is 2. The number of nitrogens with zero attached hydrogens (tertiary/aromatic N) is 4. The maximum atomic E-state index is 12.7. The summed E-state index contributed by atoms with van der Waals surface area (Å²) in [5, 5.41) is 2.98. The van der Waals surface area contributed by atoms with Crippen molar-refractivity contribution >= 4 is 11.8 Å². The number of carbonyl (C=O) groups excluding carboxylic acids is 2. The molecule has 9 nitrogen and oxygen atoms in total. The van der Waals surface area contributed by atoms with Crippen LogP contribution in [-0.2, 0) is 11.8 Å². The summed E-state index contributed by atoms with van der Waals surface area (Å²) in [4.78, 5) is 43.6. The fourth-order valence-corrected chi connectivity index (χ4v) is 4.79. The summed E-state index contributed by atoms with van der Waals surface area (Å²) in [6.45, 7) is 3.18. The first-order chi connectivity index (χ1) is 13.9. The predicted molar refractivity (Wildman–Crippen MR) is 106 cm³/mol. The first-order valence-electron chi connectivity index (χ1n) is 9.86. The number of likely N-dealkylation sites (tertiary alicyclic amines) is 1. The molecule has 29 heavy (non-hydrogen) atoms. The minimum Gasteiger partial charge on any atom is -0.349 e. The van der Waals surface area contributed by atoms with Crippen molar-refractivity contribution in [3.63, 3.8) is 0 Å². The molecule has 1 saturated heterocycles. The Bertz CT molecular complexity index is 990. The average molecular weight is 398 g/mol. The van der Waals surface area contributed by atoms with Crippen LogP contribution in [0.5, 0.6) is 0 Å². The maximum absolute atomic E-state index is 12.7. The number of amides is 2. The molecule has 2 aliphatic heterocycles. The molecule has 2 aromatic heterocycles. The van der Waals surface area contributed by atoms with Crippen molar-refractivity contribution in [3.8, 4) is 0 Å². The van der Waals surface area contributed by atoms with E-state index < -0.39 is 0 Å². The van der Waals surface area contributed by atoms with E-state index in [1.807, 2.05) is 6.07 Å². The van der Waals surface area contributed by atoms with E-state index >= 15 is 0 Å². The lowest BCUT2D eigenvalue weighted by Crippen LogP contribution is -2.54. The molecular weight excluding hydrogens is 372 g/mol. The van der Waals surface area contributed by atoms with E-state index in [0.29, 0.717) is 31.0 Å². The molecule has 4 rings (SSSR count). The molecule has 9 heteroatoms. The normalized spacial score (nSPS) is 22.9. The number of nitrogens with two attached hydrogens (primary N) is 1. The summed E-state index contributed by atoms with van der Waals surface area (Å²) < 4.78 is 3.49. The van der Waals surface area contributed by atoms with E-state index in [2.05, 4.69) is 10.3 Å². The molecule has 0 aliphatic carbocycles. The van der Waals surface area contributed by atoms with Gasteiger partial charge in [0.15, 0.2) is 0 Å². The molecule has 3 N–H and O–H groups in total. The van der Waals surface area contributed by atoms with E-state index in [1.54, 1.807) is 46.5 Å². The van der Waals surface area contributed by atoms with Gasteiger partial charge in [-0.15, -0.1) is 0 Å². The van der Waals surface area contributed by atoms with Crippen LogP contribution in [0.4, 0.5) is 0 Å². The van der Waals surface area contributed by atoms with Gasteiger partial charge in [0.2, 0.25) is 5.91 Å². The van der Waals surface area contributed by atoms with E-state index in [4.69, 9.17) is 5.73 Å². The Hall–Kier alpha value is -2.94. The lowest BCUT2D eigenvalue weighted by atomic mass is 9.78. The van der Waals surface area contributed by atoms with Crippen molar-refractivity contribution in [2.24, 2.45) is 18.7 Å². The van der Waals surface area contributed by atoms with Gasteiger partial charge in [0, 0.05) is 44.4 Å². The van der Waals surface area contributed by atoms with E-state index in [0.717, 1.165) is 12.1 Å². The molecule has 0 aromatic carbocycles. The smallest absolute Gasteiger partial charge is 0.269 e. The summed E-state index contributed by atoms with van der Waals surface area (Å²) >= 11 is 0. The minimum absolute atomic E-state index is 0.0256. The minimum atomic E-state index is -0.221. The fourth-order valence-electron chi connectivity index (χ4n) is 4.79. The zero-order chi connectivity index (χ0) is 20.7. The van der Waals surface area contributed by atoms with E-state index in [1.165, 1.54) is 0 Å². The summed E-state index contributed by atoms with van der Waals surface area (Å²) in [7, 11) is 1.78. The summed E-state index contributed by atoms with van der Waals surface area (Å²) in [5.74, 6) is -0.130. The van der Waals surface area contributed by atoms with Crippen LogP contribution in [0.15, 0.2) is 29.3 Å². The van der Waals surface area contributed by atoms with Crippen molar-refractivity contribution in [1.29, 1.82) is 0 Å². The van der Waals surface area contributed by atoms with Crippen LogP contribution in [-0.4, -0.2) is 57.0 Å². The molecule has 0 saturated carbocycles. The topological polar surface area (TPSA) is 115 Å². The molecule has 0 unspecified atom stereocenters. The van der Waals surface area contributed by atoms with Crippen molar-refractivity contribution in [3.05, 3.63) is 52.0 Å². The first-order valence-corrected chi connectivity index (χ1v) is 9.86. The molecule has 2 aliphatic rings.